The van der Waals surface area contributed by atoms with Gasteiger partial charge in [0.1, 0.15) is 43.2 Å². The molecule has 3 fully saturated rings. The zero-order valence-electron chi connectivity index (χ0n) is 33.8. The van der Waals surface area contributed by atoms with Crippen molar-refractivity contribution in [2.24, 2.45) is 0 Å². The molecular formula is C46H51NO13. The molecule has 0 spiro atoms. The Hall–Kier alpha value is -5.19. The lowest BCUT2D eigenvalue weighted by molar-refractivity contribution is -0.334. The highest BCUT2D eigenvalue weighted by atomic mass is 16.7. The summed E-state index contributed by atoms with van der Waals surface area (Å²) in [6, 6.07) is 37.8. The van der Waals surface area contributed by atoms with Crippen LogP contribution in [0.3, 0.4) is 0 Å². The molecule has 0 N–H and O–H groups in total. The molecule has 0 bridgehead atoms. The minimum absolute atomic E-state index is 0.143. The summed E-state index contributed by atoms with van der Waals surface area (Å²) in [7, 11) is 1.54. The van der Waals surface area contributed by atoms with E-state index in [2.05, 4.69) is 0 Å². The number of rotatable bonds is 18. The van der Waals surface area contributed by atoms with E-state index >= 15 is 0 Å². The highest BCUT2D eigenvalue weighted by molar-refractivity contribution is 5.72. The lowest BCUT2D eigenvalue weighted by Crippen LogP contribution is -2.64. The summed E-state index contributed by atoms with van der Waals surface area (Å²) in [6.45, 7) is 2.92. The lowest BCUT2D eigenvalue weighted by atomic mass is 9.95. The molecule has 14 nitrogen and oxygen atoms in total. The van der Waals surface area contributed by atoms with E-state index in [1.165, 1.54) is 25.9 Å². The Labute approximate surface area is 349 Å². The molecule has 0 aliphatic carbocycles. The standard InChI is InChI=1S/C46H51NO13/c1-30(48)52-28-37-40(57-31(2)49)41-38(47(46(50)60-41)24-32-16-8-4-9-17-32)44(58-37)56-29-36-39(53-25-33-18-10-5-11-19-33)42(54-26-34-20-12-6-13-21-34)43(45(51-3)59-36)55-27-35-22-14-7-15-23-35/h4-23,36-45H,24-29H2,1-3H3/t36-,37-,38-,39+,40-,41-,42+,43-,44+,45-/m1/s1. The van der Waals surface area contributed by atoms with Gasteiger partial charge in [-0.1, -0.05) is 121 Å². The maximum Gasteiger partial charge on any atom is 0.411 e. The Morgan fingerprint density at radius 3 is 1.57 bits per heavy atom. The first-order chi connectivity index (χ1) is 29.3. The van der Waals surface area contributed by atoms with E-state index in [9.17, 15) is 14.4 Å². The van der Waals surface area contributed by atoms with Crippen LogP contribution in [0.5, 0.6) is 0 Å². The van der Waals surface area contributed by atoms with Gasteiger partial charge in [0.05, 0.1) is 26.4 Å². The smallest absolute Gasteiger partial charge is 0.411 e. The highest BCUT2D eigenvalue weighted by Gasteiger charge is 2.59. The molecule has 3 aliphatic heterocycles. The molecule has 7 rings (SSSR count). The van der Waals surface area contributed by atoms with Crippen LogP contribution in [-0.4, -0.2) is 105 Å². The van der Waals surface area contributed by atoms with Crippen molar-refractivity contribution >= 4 is 18.0 Å². The number of esters is 2. The average Bonchev–Trinajstić information content (AvgIpc) is 3.59. The van der Waals surface area contributed by atoms with Crippen molar-refractivity contribution in [1.29, 1.82) is 0 Å². The quantitative estimate of drug-likeness (QED) is 0.0889. The van der Waals surface area contributed by atoms with Crippen molar-refractivity contribution in [2.45, 2.75) is 102 Å². The number of hydrogen-bond acceptors (Lipinski definition) is 13. The third-order valence-electron chi connectivity index (χ3n) is 10.5. The monoisotopic (exact) mass is 825 g/mol. The van der Waals surface area contributed by atoms with Crippen molar-refractivity contribution in [3.8, 4) is 0 Å². The van der Waals surface area contributed by atoms with E-state index in [4.69, 9.17) is 47.4 Å². The van der Waals surface area contributed by atoms with Gasteiger partial charge in [-0.05, 0) is 22.3 Å². The predicted molar refractivity (Wildman–Crippen MR) is 214 cm³/mol. The van der Waals surface area contributed by atoms with Gasteiger partial charge in [0, 0.05) is 27.5 Å². The van der Waals surface area contributed by atoms with Gasteiger partial charge in [-0.15, -0.1) is 0 Å². The van der Waals surface area contributed by atoms with E-state index in [0.29, 0.717) is 0 Å². The van der Waals surface area contributed by atoms with Gasteiger partial charge in [-0.25, -0.2) is 4.79 Å². The van der Waals surface area contributed by atoms with Crippen LogP contribution >= 0.6 is 0 Å². The minimum Gasteiger partial charge on any atom is -0.463 e. The molecule has 60 heavy (non-hydrogen) atoms. The third-order valence-corrected chi connectivity index (χ3v) is 10.5. The van der Waals surface area contributed by atoms with Crippen LogP contribution in [0.4, 0.5) is 4.79 Å². The van der Waals surface area contributed by atoms with Crippen LogP contribution in [-0.2, 0) is 83.3 Å². The summed E-state index contributed by atoms with van der Waals surface area (Å²) in [5.74, 6) is -1.20. The molecule has 3 heterocycles. The van der Waals surface area contributed by atoms with Crippen molar-refractivity contribution in [2.75, 3.05) is 20.3 Å². The van der Waals surface area contributed by atoms with Gasteiger partial charge < -0.3 is 47.4 Å². The molecule has 318 valence electrons. The molecule has 4 aromatic rings. The van der Waals surface area contributed by atoms with Crippen LogP contribution in [0.1, 0.15) is 36.1 Å². The van der Waals surface area contributed by atoms with Crippen LogP contribution in [0.15, 0.2) is 121 Å². The van der Waals surface area contributed by atoms with Crippen molar-refractivity contribution in [1.82, 2.24) is 4.90 Å². The summed E-state index contributed by atoms with van der Waals surface area (Å²) >= 11 is 0. The van der Waals surface area contributed by atoms with Gasteiger partial charge in [-0.2, -0.15) is 0 Å². The van der Waals surface area contributed by atoms with Crippen LogP contribution in [0.2, 0.25) is 0 Å². The fourth-order valence-electron chi connectivity index (χ4n) is 7.67. The Balaban J connectivity index is 1.20. The highest BCUT2D eigenvalue weighted by Crippen LogP contribution is 2.38. The molecule has 3 saturated heterocycles. The summed E-state index contributed by atoms with van der Waals surface area (Å²) in [5, 5.41) is 0. The number of ether oxygens (including phenoxy) is 10. The third kappa shape index (κ3) is 10.9. The van der Waals surface area contributed by atoms with Crippen LogP contribution < -0.4 is 0 Å². The second-order valence-corrected chi connectivity index (χ2v) is 14.8. The zero-order valence-corrected chi connectivity index (χ0v) is 33.8. The number of carbonyl (C=O) groups excluding carboxylic acids is 3. The minimum atomic E-state index is -1.17. The van der Waals surface area contributed by atoms with Crippen LogP contribution in [0.25, 0.3) is 0 Å². The number of fused-ring (bicyclic) bond motifs is 1. The first kappa shape index (κ1) is 42.9. The average molecular weight is 826 g/mol. The van der Waals surface area contributed by atoms with E-state index in [-0.39, 0.29) is 39.6 Å². The Morgan fingerprint density at radius 2 is 1.05 bits per heavy atom. The summed E-state index contributed by atoms with van der Waals surface area (Å²) in [4.78, 5) is 39.5. The second-order valence-electron chi connectivity index (χ2n) is 14.8. The molecule has 0 unspecified atom stereocenters. The first-order valence-electron chi connectivity index (χ1n) is 20.0. The number of benzene rings is 4. The van der Waals surface area contributed by atoms with Crippen molar-refractivity contribution < 1.29 is 61.8 Å². The number of carbonyl (C=O) groups is 3. The summed E-state index contributed by atoms with van der Waals surface area (Å²) in [5.41, 5.74) is 3.65. The molecule has 14 heteroatoms. The maximum absolute atomic E-state index is 13.7. The van der Waals surface area contributed by atoms with Crippen molar-refractivity contribution in [3.05, 3.63) is 144 Å². The van der Waals surface area contributed by atoms with E-state index < -0.39 is 79.4 Å². The number of nitrogens with zero attached hydrogens (tertiary/aromatic N) is 1. The van der Waals surface area contributed by atoms with E-state index in [1.807, 2.05) is 121 Å². The topological polar surface area (TPSA) is 147 Å². The first-order valence-corrected chi connectivity index (χ1v) is 20.0. The van der Waals surface area contributed by atoms with Gasteiger partial charge in [0.2, 0.25) is 0 Å². The summed E-state index contributed by atoms with van der Waals surface area (Å²) in [6.07, 6.45) is -9.04. The largest absolute Gasteiger partial charge is 0.463 e. The molecule has 0 saturated carbocycles. The molecule has 10 atom stereocenters. The van der Waals surface area contributed by atoms with Crippen LogP contribution in [0, 0.1) is 0 Å². The molecule has 4 aromatic carbocycles. The Morgan fingerprint density at radius 1 is 0.567 bits per heavy atom. The molecule has 0 radical (unpaired) electrons. The van der Waals surface area contributed by atoms with Crippen molar-refractivity contribution in [3.63, 3.8) is 0 Å². The molecular weight excluding hydrogens is 774 g/mol. The zero-order chi connectivity index (χ0) is 41.8. The predicted octanol–water partition coefficient (Wildman–Crippen LogP) is 5.74. The fourth-order valence-corrected chi connectivity index (χ4v) is 7.67. The number of methoxy groups -OCH3 is 1. The van der Waals surface area contributed by atoms with Gasteiger partial charge >= 0.3 is 18.0 Å². The Kier molecular flexibility index (Phi) is 14.9. The Bertz CT molecular complexity index is 1960. The lowest BCUT2D eigenvalue weighted by Gasteiger charge is -2.47. The number of hydrogen-bond donors (Lipinski definition) is 0. The molecule has 0 aromatic heterocycles. The second kappa shape index (κ2) is 20.9. The number of amides is 1. The molecule has 1 amide bonds. The van der Waals surface area contributed by atoms with Gasteiger partial charge in [-0.3, -0.25) is 14.5 Å². The van der Waals surface area contributed by atoms with E-state index in [0.717, 1.165) is 22.3 Å². The normalized spacial score (nSPS) is 27.4. The fraction of sp³-hybridized carbons (Fsp3) is 0.413. The van der Waals surface area contributed by atoms with Gasteiger partial charge in [0.15, 0.2) is 24.8 Å². The van der Waals surface area contributed by atoms with E-state index in [1.54, 1.807) is 0 Å². The molecule has 3 aliphatic rings. The summed E-state index contributed by atoms with van der Waals surface area (Å²) < 4.78 is 62.8. The van der Waals surface area contributed by atoms with Gasteiger partial charge in [0.25, 0.3) is 0 Å². The SMILES string of the molecule is CO[C@@H]1O[C@H](CO[C@H]2O[C@H](COC(C)=O)[C@@H](OC(C)=O)[C@@H]3OC(=O)N(Cc4ccccc4)[C@@H]23)[C@H](OCc2ccccc2)[C@H](OCc2ccccc2)[C@H]1OCc1ccccc1. The maximum atomic E-state index is 13.7.